The third-order valence-electron chi connectivity index (χ3n) is 3.83. The first-order valence-corrected chi connectivity index (χ1v) is 7.33. The van der Waals surface area contributed by atoms with Crippen molar-refractivity contribution < 1.29 is 4.79 Å². The summed E-state index contributed by atoms with van der Waals surface area (Å²) in [5, 5.41) is 8.14. The average molecular weight is 297 g/mol. The molecule has 1 aromatic carbocycles. The molecule has 0 spiro atoms. The molecule has 0 radical (unpaired) electrons. The number of hydrogen-bond donors (Lipinski definition) is 2. The molecule has 1 unspecified atom stereocenters. The van der Waals surface area contributed by atoms with Crippen LogP contribution in [0.1, 0.15) is 24.1 Å². The number of carbonyl (C=O) groups is 1. The molecular formula is C16H19N5O. The number of aromatic nitrogens is 4. The minimum Gasteiger partial charge on any atom is -0.361 e. The number of benzene rings is 1. The van der Waals surface area contributed by atoms with Crippen molar-refractivity contribution in [3.8, 4) is 0 Å². The quantitative estimate of drug-likeness (QED) is 0.756. The molecule has 3 rings (SSSR count). The number of carbonyl (C=O) groups excluding carboxylic acids is 1. The van der Waals surface area contributed by atoms with Crippen molar-refractivity contribution in [2.45, 2.75) is 26.3 Å². The molecule has 2 heterocycles. The van der Waals surface area contributed by atoms with Gasteiger partial charge < -0.3 is 10.3 Å². The molecule has 0 aliphatic rings. The Balaban J connectivity index is 1.59. The normalized spacial score (nSPS) is 12.5. The molecule has 1 amide bonds. The second kappa shape index (κ2) is 6.01. The summed E-state index contributed by atoms with van der Waals surface area (Å²) in [6, 6.07) is 6.00. The highest BCUT2D eigenvalue weighted by atomic mass is 16.2. The fraction of sp³-hybridized carbons (Fsp3) is 0.312. The van der Waals surface area contributed by atoms with Gasteiger partial charge in [0.15, 0.2) is 0 Å². The van der Waals surface area contributed by atoms with Crippen molar-refractivity contribution in [1.82, 2.24) is 25.1 Å². The van der Waals surface area contributed by atoms with Crippen LogP contribution in [0.5, 0.6) is 0 Å². The Morgan fingerprint density at radius 1 is 1.45 bits per heavy atom. The van der Waals surface area contributed by atoms with E-state index in [1.165, 1.54) is 22.8 Å². The van der Waals surface area contributed by atoms with E-state index < -0.39 is 0 Å². The van der Waals surface area contributed by atoms with Gasteiger partial charge in [0.25, 0.3) is 0 Å². The van der Waals surface area contributed by atoms with Crippen molar-refractivity contribution in [3.63, 3.8) is 0 Å². The minimum atomic E-state index is -0.354. The highest BCUT2D eigenvalue weighted by Crippen LogP contribution is 2.19. The number of hydrogen-bond acceptors (Lipinski definition) is 3. The monoisotopic (exact) mass is 297 g/mol. The average Bonchev–Trinajstić information content (AvgIpc) is 3.16. The summed E-state index contributed by atoms with van der Waals surface area (Å²) < 4.78 is 1.55. The molecule has 0 fully saturated rings. The number of H-pyrrole nitrogens is 1. The van der Waals surface area contributed by atoms with Gasteiger partial charge in [-0.05, 0) is 37.5 Å². The van der Waals surface area contributed by atoms with Crippen LogP contribution in [-0.2, 0) is 11.2 Å². The number of nitrogens with one attached hydrogen (secondary N) is 2. The third kappa shape index (κ3) is 2.86. The number of nitrogens with zero attached hydrogens (tertiary/aromatic N) is 3. The molecule has 6 heteroatoms. The first-order valence-electron chi connectivity index (χ1n) is 7.33. The third-order valence-corrected chi connectivity index (χ3v) is 3.83. The van der Waals surface area contributed by atoms with Crippen LogP contribution >= 0.6 is 0 Å². The molecule has 0 bridgehead atoms. The fourth-order valence-corrected chi connectivity index (χ4v) is 2.51. The van der Waals surface area contributed by atoms with E-state index in [0.717, 1.165) is 11.9 Å². The molecule has 0 saturated heterocycles. The van der Waals surface area contributed by atoms with E-state index in [0.29, 0.717) is 6.54 Å². The zero-order valence-electron chi connectivity index (χ0n) is 12.7. The first-order chi connectivity index (χ1) is 10.6. The summed E-state index contributed by atoms with van der Waals surface area (Å²) in [7, 11) is 0. The molecule has 2 N–H and O–H groups in total. The molecule has 0 saturated carbocycles. The van der Waals surface area contributed by atoms with Gasteiger partial charge in [0.2, 0.25) is 5.91 Å². The lowest BCUT2D eigenvalue weighted by Gasteiger charge is -2.11. The van der Waals surface area contributed by atoms with Crippen LogP contribution in [0.4, 0.5) is 0 Å². The van der Waals surface area contributed by atoms with Crippen LogP contribution in [-0.4, -0.2) is 32.2 Å². The zero-order valence-corrected chi connectivity index (χ0v) is 12.7. The highest BCUT2D eigenvalue weighted by molar-refractivity contribution is 5.84. The van der Waals surface area contributed by atoms with Gasteiger partial charge in [-0.25, -0.2) is 9.67 Å². The Kier molecular flexibility index (Phi) is 3.91. The van der Waals surface area contributed by atoms with E-state index in [1.54, 1.807) is 17.9 Å². The molecule has 0 aliphatic carbocycles. The van der Waals surface area contributed by atoms with Gasteiger partial charge in [0, 0.05) is 23.6 Å². The Morgan fingerprint density at radius 3 is 3.09 bits per heavy atom. The number of fused-ring (bicyclic) bond motifs is 1. The van der Waals surface area contributed by atoms with Crippen LogP contribution in [0.15, 0.2) is 37.1 Å². The van der Waals surface area contributed by atoms with Gasteiger partial charge in [-0.3, -0.25) is 4.79 Å². The fourth-order valence-electron chi connectivity index (χ4n) is 2.51. The second-order valence-corrected chi connectivity index (χ2v) is 5.46. The largest absolute Gasteiger partial charge is 0.361 e. The van der Waals surface area contributed by atoms with Crippen molar-refractivity contribution in [3.05, 3.63) is 48.2 Å². The summed E-state index contributed by atoms with van der Waals surface area (Å²) in [6.45, 7) is 4.48. The van der Waals surface area contributed by atoms with Crippen LogP contribution in [0.3, 0.4) is 0 Å². The molecule has 6 nitrogen and oxygen atoms in total. The highest BCUT2D eigenvalue weighted by Gasteiger charge is 2.14. The Bertz CT molecular complexity index is 775. The molecule has 114 valence electrons. The Morgan fingerprint density at radius 2 is 2.32 bits per heavy atom. The van der Waals surface area contributed by atoms with Gasteiger partial charge in [-0.2, -0.15) is 5.10 Å². The van der Waals surface area contributed by atoms with Gasteiger partial charge >= 0.3 is 0 Å². The van der Waals surface area contributed by atoms with Crippen molar-refractivity contribution in [2.24, 2.45) is 0 Å². The first kappa shape index (κ1) is 14.3. The number of rotatable bonds is 5. The van der Waals surface area contributed by atoms with Crippen molar-refractivity contribution in [2.75, 3.05) is 6.54 Å². The lowest BCUT2D eigenvalue weighted by Crippen LogP contribution is -2.32. The molecule has 1 atom stereocenters. The second-order valence-electron chi connectivity index (χ2n) is 5.46. The van der Waals surface area contributed by atoms with Gasteiger partial charge in [-0.1, -0.05) is 12.1 Å². The van der Waals surface area contributed by atoms with Crippen LogP contribution in [0.2, 0.25) is 0 Å². The van der Waals surface area contributed by atoms with Gasteiger partial charge in [0.1, 0.15) is 18.7 Å². The Hall–Kier alpha value is -2.63. The molecular weight excluding hydrogens is 278 g/mol. The maximum atomic E-state index is 12.1. The predicted molar refractivity (Wildman–Crippen MR) is 84.5 cm³/mol. The number of amides is 1. The summed E-state index contributed by atoms with van der Waals surface area (Å²) in [5.41, 5.74) is 3.58. The van der Waals surface area contributed by atoms with Gasteiger partial charge in [0.05, 0.1) is 0 Å². The molecule has 0 aliphatic heterocycles. The van der Waals surface area contributed by atoms with E-state index >= 15 is 0 Å². The number of aromatic amines is 1. The Labute approximate surface area is 128 Å². The van der Waals surface area contributed by atoms with Gasteiger partial charge in [-0.15, -0.1) is 0 Å². The van der Waals surface area contributed by atoms with Crippen molar-refractivity contribution in [1.29, 1.82) is 0 Å². The smallest absolute Gasteiger partial charge is 0.244 e. The van der Waals surface area contributed by atoms with E-state index in [9.17, 15) is 4.79 Å². The van der Waals surface area contributed by atoms with Crippen LogP contribution < -0.4 is 5.32 Å². The maximum absolute atomic E-state index is 12.1. The van der Waals surface area contributed by atoms with E-state index in [-0.39, 0.29) is 11.9 Å². The van der Waals surface area contributed by atoms with Crippen molar-refractivity contribution >= 4 is 16.8 Å². The maximum Gasteiger partial charge on any atom is 0.244 e. The standard InChI is InChI=1S/C16H19N5O/c1-11-3-4-14-13(8-19-15(14)7-11)5-6-18-16(22)12(2)21-10-17-9-20-21/h3-4,7-10,12,19H,5-6H2,1-2H3,(H,18,22). The zero-order chi connectivity index (χ0) is 15.5. The summed E-state index contributed by atoms with van der Waals surface area (Å²) in [5.74, 6) is -0.0545. The topological polar surface area (TPSA) is 75.6 Å². The van der Waals surface area contributed by atoms with Crippen LogP contribution in [0.25, 0.3) is 10.9 Å². The van der Waals surface area contributed by atoms with Crippen LogP contribution in [0, 0.1) is 6.92 Å². The lowest BCUT2D eigenvalue weighted by atomic mass is 10.1. The molecule has 3 aromatic rings. The summed E-state index contributed by atoms with van der Waals surface area (Å²) in [6.07, 6.45) is 5.78. The summed E-state index contributed by atoms with van der Waals surface area (Å²) in [4.78, 5) is 19.2. The van der Waals surface area contributed by atoms with E-state index in [4.69, 9.17) is 0 Å². The summed E-state index contributed by atoms with van der Waals surface area (Å²) >= 11 is 0. The predicted octanol–water partition coefficient (Wildman–Crippen LogP) is 1.99. The molecule has 22 heavy (non-hydrogen) atoms. The molecule has 2 aromatic heterocycles. The number of aryl methyl sites for hydroxylation is 1. The minimum absolute atomic E-state index is 0.0545. The SMILES string of the molecule is Cc1ccc2c(CCNC(=O)C(C)n3cncn3)c[nH]c2c1. The van der Waals surface area contributed by atoms with E-state index in [2.05, 4.69) is 45.5 Å². The lowest BCUT2D eigenvalue weighted by molar-refractivity contribution is -0.124. The van der Waals surface area contributed by atoms with E-state index in [1.807, 2.05) is 6.20 Å².